The van der Waals surface area contributed by atoms with E-state index in [0.717, 1.165) is 21.1 Å². The van der Waals surface area contributed by atoms with E-state index >= 15 is 0 Å². The first-order chi connectivity index (χ1) is 7.38. The fraction of sp³-hybridized carbons (Fsp3) is 0.333. The van der Waals surface area contributed by atoms with Crippen molar-refractivity contribution >= 4 is 38.4 Å². The van der Waals surface area contributed by atoms with Gasteiger partial charge in [-0.15, -0.1) is 0 Å². The van der Waals surface area contributed by atoms with Crippen LogP contribution in [-0.2, 0) is 0 Å². The maximum absolute atomic E-state index is 6.25. The summed E-state index contributed by atoms with van der Waals surface area (Å²) in [4.78, 5) is 3.15. The molecule has 0 aliphatic heterocycles. The van der Waals surface area contributed by atoms with E-state index in [1.807, 2.05) is 39.1 Å². The predicted molar refractivity (Wildman–Crippen MR) is 71.4 cm³/mol. The van der Waals surface area contributed by atoms with Crippen molar-refractivity contribution in [2.24, 2.45) is 0 Å². The molecule has 0 aliphatic carbocycles. The number of aromatic amines is 1. The van der Waals surface area contributed by atoms with E-state index in [9.17, 15) is 0 Å². The zero-order chi connectivity index (χ0) is 11.9. The van der Waals surface area contributed by atoms with Crippen LogP contribution in [0.3, 0.4) is 0 Å². The first-order valence-electron chi connectivity index (χ1n) is 5.02. The van der Waals surface area contributed by atoms with Crippen LogP contribution in [0.1, 0.15) is 20.8 Å². The highest BCUT2D eigenvalue weighted by atomic mass is 79.9. The summed E-state index contributed by atoms with van der Waals surface area (Å²) in [6.07, 6.45) is 1.84. The van der Waals surface area contributed by atoms with Crippen molar-refractivity contribution in [1.29, 1.82) is 0 Å². The monoisotopic (exact) mass is 301 g/mol. The van der Waals surface area contributed by atoms with Crippen molar-refractivity contribution in [2.45, 2.75) is 26.4 Å². The third-order valence-corrected chi connectivity index (χ3v) is 3.40. The maximum Gasteiger partial charge on any atom is 0.146 e. The molecule has 4 heteroatoms. The van der Waals surface area contributed by atoms with Crippen LogP contribution in [-0.4, -0.2) is 10.6 Å². The van der Waals surface area contributed by atoms with Gasteiger partial charge in [-0.2, -0.15) is 0 Å². The van der Waals surface area contributed by atoms with Crippen molar-refractivity contribution in [1.82, 2.24) is 4.98 Å². The lowest BCUT2D eigenvalue weighted by Gasteiger charge is -2.20. The lowest BCUT2D eigenvalue weighted by Crippen LogP contribution is -2.22. The van der Waals surface area contributed by atoms with Crippen LogP contribution in [0.2, 0.25) is 5.02 Å². The highest BCUT2D eigenvalue weighted by Gasteiger charge is 2.17. The molecule has 0 spiro atoms. The molecule has 2 aromatic rings. The minimum Gasteiger partial charge on any atom is -0.486 e. The predicted octanol–water partition coefficient (Wildman–Crippen LogP) is 4.76. The Balaban J connectivity index is 2.59. The van der Waals surface area contributed by atoms with Gasteiger partial charge in [-0.25, -0.2) is 0 Å². The molecular weight excluding hydrogens is 289 g/mol. The third kappa shape index (κ3) is 2.20. The average molecular weight is 303 g/mol. The Labute approximate surface area is 108 Å². The smallest absolute Gasteiger partial charge is 0.146 e. The number of hydrogen-bond donors (Lipinski definition) is 1. The Bertz CT molecular complexity index is 528. The van der Waals surface area contributed by atoms with E-state index in [-0.39, 0.29) is 5.60 Å². The topological polar surface area (TPSA) is 25.0 Å². The van der Waals surface area contributed by atoms with Crippen LogP contribution < -0.4 is 4.74 Å². The van der Waals surface area contributed by atoms with Crippen molar-refractivity contribution in [3.8, 4) is 5.75 Å². The molecule has 1 aromatic carbocycles. The molecule has 16 heavy (non-hydrogen) atoms. The standard InChI is InChI=1S/C12H13BrClNO/c1-12(2,3)16-9-6-15-8-5-4-7(13)11(14)10(8)9/h4-6,15H,1-3H3. The Kier molecular flexibility index (Phi) is 2.93. The van der Waals surface area contributed by atoms with Crippen LogP contribution >= 0.6 is 27.5 Å². The van der Waals surface area contributed by atoms with E-state index in [4.69, 9.17) is 16.3 Å². The van der Waals surface area contributed by atoms with Gasteiger partial charge in [0.25, 0.3) is 0 Å². The van der Waals surface area contributed by atoms with Gasteiger partial charge in [0.15, 0.2) is 0 Å². The summed E-state index contributed by atoms with van der Waals surface area (Å²) >= 11 is 9.67. The fourth-order valence-corrected chi connectivity index (χ4v) is 2.13. The molecule has 0 bridgehead atoms. The summed E-state index contributed by atoms with van der Waals surface area (Å²) < 4.78 is 6.73. The normalized spacial score (nSPS) is 12.1. The molecular formula is C12H13BrClNO. The molecule has 0 saturated carbocycles. The maximum atomic E-state index is 6.25. The van der Waals surface area contributed by atoms with Crippen molar-refractivity contribution in [3.05, 3.63) is 27.8 Å². The second kappa shape index (κ2) is 3.97. The van der Waals surface area contributed by atoms with Gasteiger partial charge < -0.3 is 9.72 Å². The van der Waals surface area contributed by atoms with Gasteiger partial charge in [0, 0.05) is 10.7 Å². The van der Waals surface area contributed by atoms with Gasteiger partial charge in [0.05, 0.1) is 15.9 Å². The summed E-state index contributed by atoms with van der Waals surface area (Å²) in [5.74, 6) is 0.786. The lowest BCUT2D eigenvalue weighted by molar-refractivity contribution is 0.133. The third-order valence-electron chi connectivity index (χ3n) is 2.12. The molecule has 0 unspecified atom stereocenters. The summed E-state index contributed by atoms with van der Waals surface area (Å²) in [6.45, 7) is 6.03. The number of aromatic nitrogens is 1. The molecule has 0 aliphatic rings. The van der Waals surface area contributed by atoms with Crippen molar-refractivity contribution in [3.63, 3.8) is 0 Å². The van der Waals surface area contributed by atoms with Gasteiger partial charge in [0.1, 0.15) is 11.4 Å². The fourth-order valence-electron chi connectivity index (χ4n) is 1.54. The van der Waals surface area contributed by atoms with Crippen LogP contribution in [0.25, 0.3) is 10.9 Å². The molecule has 2 rings (SSSR count). The molecule has 0 fully saturated rings. The van der Waals surface area contributed by atoms with E-state index < -0.39 is 0 Å². The molecule has 1 heterocycles. The van der Waals surface area contributed by atoms with Crippen LogP contribution in [0.15, 0.2) is 22.8 Å². The molecule has 1 N–H and O–H groups in total. The van der Waals surface area contributed by atoms with Crippen LogP contribution in [0.4, 0.5) is 0 Å². The van der Waals surface area contributed by atoms with Crippen molar-refractivity contribution < 1.29 is 4.74 Å². The first-order valence-corrected chi connectivity index (χ1v) is 6.20. The molecule has 1 aromatic heterocycles. The quantitative estimate of drug-likeness (QED) is 0.807. The Morgan fingerprint density at radius 2 is 2.00 bits per heavy atom. The first kappa shape index (κ1) is 11.8. The summed E-state index contributed by atoms with van der Waals surface area (Å²) in [5, 5.41) is 1.60. The second-order valence-electron chi connectivity index (χ2n) is 4.65. The van der Waals surface area contributed by atoms with Gasteiger partial charge >= 0.3 is 0 Å². The van der Waals surface area contributed by atoms with Crippen molar-refractivity contribution in [2.75, 3.05) is 0 Å². The zero-order valence-corrected chi connectivity index (χ0v) is 11.7. The molecule has 0 atom stereocenters. The van der Waals surface area contributed by atoms with Gasteiger partial charge in [-0.1, -0.05) is 11.6 Å². The Morgan fingerprint density at radius 3 is 2.62 bits per heavy atom. The van der Waals surface area contributed by atoms with Gasteiger partial charge in [-0.3, -0.25) is 0 Å². The highest BCUT2D eigenvalue weighted by molar-refractivity contribution is 9.10. The Morgan fingerprint density at radius 1 is 1.31 bits per heavy atom. The largest absolute Gasteiger partial charge is 0.486 e. The number of H-pyrrole nitrogens is 1. The van der Waals surface area contributed by atoms with E-state index in [1.165, 1.54) is 0 Å². The summed E-state index contributed by atoms with van der Waals surface area (Å²) in [7, 11) is 0. The zero-order valence-electron chi connectivity index (χ0n) is 9.40. The number of halogens is 2. The van der Waals surface area contributed by atoms with Gasteiger partial charge in [0.2, 0.25) is 0 Å². The summed E-state index contributed by atoms with van der Waals surface area (Å²) in [6, 6.07) is 3.89. The average Bonchev–Trinajstić information content (AvgIpc) is 2.53. The Hall–Kier alpha value is -0.670. The lowest BCUT2D eigenvalue weighted by atomic mass is 10.2. The number of hydrogen-bond acceptors (Lipinski definition) is 1. The van der Waals surface area contributed by atoms with Crippen LogP contribution in [0, 0.1) is 0 Å². The van der Waals surface area contributed by atoms with Crippen LogP contribution in [0.5, 0.6) is 5.75 Å². The van der Waals surface area contributed by atoms with E-state index in [0.29, 0.717) is 5.02 Å². The second-order valence-corrected chi connectivity index (χ2v) is 5.88. The number of ether oxygens (including phenoxy) is 1. The molecule has 0 saturated heterocycles. The number of fused-ring (bicyclic) bond motifs is 1. The molecule has 2 nitrogen and oxygen atoms in total. The SMILES string of the molecule is CC(C)(C)Oc1c[nH]c2ccc(Br)c(Cl)c12. The molecule has 0 amide bonds. The number of nitrogens with one attached hydrogen (secondary N) is 1. The van der Waals surface area contributed by atoms with E-state index in [1.54, 1.807) is 0 Å². The minimum absolute atomic E-state index is 0.235. The minimum atomic E-state index is -0.235. The molecule has 86 valence electrons. The summed E-state index contributed by atoms with van der Waals surface area (Å²) in [5.41, 5.74) is 0.744. The number of benzene rings is 1. The van der Waals surface area contributed by atoms with Gasteiger partial charge in [-0.05, 0) is 48.8 Å². The molecule has 0 radical (unpaired) electrons. The van der Waals surface area contributed by atoms with E-state index in [2.05, 4.69) is 20.9 Å². The highest BCUT2D eigenvalue weighted by Crippen LogP contribution is 2.38. The number of rotatable bonds is 1.